The highest BCUT2D eigenvalue weighted by molar-refractivity contribution is 5.07. The van der Waals surface area contributed by atoms with Gasteiger partial charge in [0.15, 0.2) is 0 Å². The monoisotopic (exact) mass is 197 g/mol. The first-order valence-electron chi connectivity index (χ1n) is 5.69. The molecular formula is C12H23NO. The Hall–Kier alpha value is -0.340. The molecule has 0 aliphatic carbocycles. The van der Waals surface area contributed by atoms with E-state index in [0.717, 1.165) is 19.4 Å². The molecule has 2 nitrogen and oxygen atoms in total. The van der Waals surface area contributed by atoms with Crippen LogP contribution in [-0.4, -0.2) is 35.2 Å². The average molecular weight is 197 g/mol. The van der Waals surface area contributed by atoms with E-state index < -0.39 is 0 Å². The summed E-state index contributed by atoms with van der Waals surface area (Å²) in [5, 5.41) is 9.19. The quantitative estimate of drug-likeness (QED) is 0.698. The smallest absolute Gasteiger partial charge is 0.0515 e. The van der Waals surface area contributed by atoms with Crippen molar-refractivity contribution < 1.29 is 5.11 Å². The van der Waals surface area contributed by atoms with Crippen LogP contribution in [0.5, 0.6) is 0 Å². The average Bonchev–Trinajstić information content (AvgIpc) is 2.15. The molecule has 0 saturated carbocycles. The third-order valence-electron chi connectivity index (χ3n) is 2.95. The lowest BCUT2D eigenvalue weighted by Crippen LogP contribution is -2.34. The van der Waals surface area contributed by atoms with E-state index in [1.54, 1.807) is 0 Å². The Balaban J connectivity index is 2.30. The zero-order valence-corrected chi connectivity index (χ0v) is 9.66. The first-order valence-corrected chi connectivity index (χ1v) is 5.69. The molecular weight excluding hydrogens is 174 g/mol. The van der Waals surface area contributed by atoms with Crippen LogP contribution in [0.4, 0.5) is 0 Å². The number of nitrogens with zero attached hydrogens (tertiary/aromatic N) is 1. The van der Waals surface area contributed by atoms with Crippen molar-refractivity contribution in [3.63, 3.8) is 0 Å². The van der Waals surface area contributed by atoms with E-state index in [1.807, 2.05) is 6.92 Å². The maximum Gasteiger partial charge on any atom is 0.0515 e. The molecule has 0 radical (unpaired) electrons. The molecule has 82 valence electrons. The van der Waals surface area contributed by atoms with Gasteiger partial charge in [-0.2, -0.15) is 0 Å². The summed E-state index contributed by atoms with van der Waals surface area (Å²) in [6.07, 6.45) is 5.35. The lowest BCUT2D eigenvalue weighted by atomic mass is 10.0. The summed E-state index contributed by atoms with van der Waals surface area (Å²) in [7, 11) is 0. The van der Waals surface area contributed by atoms with Gasteiger partial charge in [0, 0.05) is 19.1 Å². The summed E-state index contributed by atoms with van der Waals surface area (Å²) < 4.78 is 0. The minimum absolute atomic E-state index is 0.154. The van der Waals surface area contributed by atoms with Crippen LogP contribution in [0, 0.1) is 0 Å². The van der Waals surface area contributed by atoms with Crippen LogP contribution in [0.3, 0.4) is 0 Å². The second-order valence-electron chi connectivity index (χ2n) is 4.59. The summed E-state index contributed by atoms with van der Waals surface area (Å²) in [5.41, 5.74) is 1.53. The predicted octanol–water partition coefficient (Wildman–Crippen LogP) is 2.19. The zero-order chi connectivity index (χ0) is 10.6. The summed E-state index contributed by atoms with van der Waals surface area (Å²) in [6.45, 7) is 8.63. The number of aliphatic hydroxyl groups excluding tert-OH is 1. The van der Waals surface area contributed by atoms with Gasteiger partial charge in [-0.25, -0.2) is 0 Å². The van der Waals surface area contributed by atoms with E-state index in [2.05, 4.69) is 24.8 Å². The molecule has 1 rings (SSSR count). The molecule has 2 heteroatoms. The van der Waals surface area contributed by atoms with Crippen molar-refractivity contribution in [1.29, 1.82) is 0 Å². The Labute approximate surface area is 87.6 Å². The van der Waals surface area contributed by atoms with Gasteiger partial charge in [-0.1, -0.05) is 11.6 Å². The van der Waals surface area contributed by atoms with Gasteiger partial charge < -0.3 is 5.11 Å². The van der Waals surface area contributed by atoms with E-state index in [4.69, 9.17) is 0 Å². The number of aliphatic hydroxyl groups is 1. The molecule has 0 aromatic rings. The highest BCUT2D eigenvalue weighted by Crippen LogP contribution is 2.18. The first kappa shape index (κ1) is 11.7. The standard InChI is InChI=1S/C12H23NO/c1-10(2)13-8-6-12(7-9-13)5-4-11(3)14/h6,10-11,14H,4-5,7-9H2,1-3H3. The maximum atomic E-state index is 9.19. The Bertz CT molecular complexity index is 196. The lowest BCUT2D eigenvalue weighted by Gasteiger charge is -2.29. The highest BCUT2D eigenvalue weighted by Gasteiger charge is 2.13. The largest absolute Gasteiger partial charge is 0.393 e. The fourth-order valence-electron chi connectivity index (χ4n) is 1.82. The molecule has 0 bridgehead atoms. The second kappa shape index (κ2) is 5.52. The van der Waals surface area contributed by atoms with Crippen molar-refractivity contribution >= 4 is 0 Å². The van der Waals surface area contributed by atoms with Crippen LogP contribution in [0.15, 0.2) is 11.6 Å². The van der Waals surface area contributed by atoms with Crippen LogP contribution < -0.4 is 0 Å². The molecule has 1 aliphatic heterocycles. The zero-order valence-electron chi connectivity index (χ0n) is 9.66. The summed E-state index contributed by atoms with van der Waals surface area (Å²) in [6, 6.07) is 0.657. The molecule has 1 aliphatic rings. The SMILES string of the molecule is CC(O)CCC1=CCN(C(C)C)CC1. The minimum Gasteiger partial charge on any atom is -0.393 e. The lowest BCUT2D eigenvalue weighted by molar-refractivity contribution is 0.182. The van der Waals surface area contributed by atoms with Crippen molar-refractivity contribution in [2.24, 2.45) is 0 Å². The number of hydrogen-bond donors (Lipinski definition) is 1. The fourth-order valence-corrected chi connectivity index (χ4v) is 1.82. The molecule has 1 unspecified atom stereocenters. The van der Waals surface area contributed by atoms with E-state index in [1.165, 1.54) is 18.5 Å². The number of hydrogen-bond acceptors (Lipinski definition) is 2. The van der Waals surface area contributed by atoms with Crippen LogP contribution in [0.2, 0.25) is 0 Å². The van der Waals surface area contributed by atoms with Crippen molar-refractivity contribution in [3.8, 4) is 0 Å². The van der Waals surface area contributed by atoms with Gasteiger partial charge in [-0.15, -0.1) is 0 Å². The highest BCUT2D eigenvalue weighted by atomic mass is 16.3. The Morgan fingerprint density at radius 3 is 2.57 bits per heavy atom. The van der Waals surface area contributed by atoms with E-state index in [-0.39, 0.29) is 6.10 Å². The summed E-state index contributed by atoms with van der Waals surface area (Å²) in [4.78, 5) is 2.48. The summed E-state index contributed by atoms with van der Waals surface area (Å²) in [5.74, 6) is 0. The van der Waals surface area contributed by atoms with E-state index in [0.29, 0.717) is 6.04 Å². The molecule has 1 N–H and O–H groups in total. The van der Waals surface area contributed by atoms with Gasteiger partial charge in [0.1, 0.15) is 0 Å². The van der Waals surface area contributed by atoms with Crippen LogP contribution in [0.25, 0.3) is 0 Å². The topological polar surface area (TPSA) is 23.5 Å². The van der Waals surface area contributed by atoms with Crippen molar-refractivity contribution in [1.82, 2.24) is 4.90 Å². The predicted molar refractivity (Wildman–Crippen MR) is 60.3 cm³/mol. The van der Waals surface area contributed by atoms with E-state index >= 15 is 0 Å². The molecule has 0 aromatic heterocycles. The van der Waals surface area contributed by atoms with Gasteiger partial charge in [0.25, 0.3) is 0 Å². The van der Waals surface area contributed by atoms with Crippen LogP contribution in [-0.2, 0) is 0 Å². The Morgan fingerprint density at radius 2 is 2.14 bits per heavy atom. The summed E-state index contributed by atoms with van der Waals surface area (Å²) >= 11 is 0. The van der Waals surface area contributed by atoms with Crippen LogP contribution in [0.1, 0.15) is 40.0 Å². The molecule has 1 heterocycles. The van der Waals surface area contributed by atoms with Crippen molar-refractivity contribution in [2.45, 2.75) is 52.2 Å². The van der Waals surface area contributed by atoms with Gasteiger partial charge >= 0.3 is 0 Å². The minimum atomic E-state index is -0.154. The number of rotatable bonds is 4. The fraction of sp³-hybridized carbons (Fsp3) is 0.833. The maximum absolute atomic E-state index is 9.19. The Kier molecular flexibility index (Phi) is 4.63. The van der Waals surface area contributed by atoms with Gasteiger partial charge in [0.05, 0.1) is 6.10 Å². The van der Waals surface area contributed by atoms with Crippen LogP contribution >= 0.6 is 0 Å². The molecule has 0 amide bonds. The van der Waals surface area contributed by atoms with Gasteiger partial charge in [0.2, 0.25) is 0 Å². The molecule has 0 aromatic carbocycles. The molecule has 0 spiro atoms. The third kappa shape index (κ3) is 3.81. The van der Waals surface area contributed by atoms with Gasteiger partial charge in [-0.05, 0) is 40.0 Å². The van der Waals surface area contributed by atoms with Crippen molar-refractivity contribution in [3.05, 3.63) is 11.6 Å². The molecule has 0 saturated heterocycles. The normalized spacial score (nSPS) is 21.1. The molecule has 14 heavy (non-hydrogen) atoms. The molecule has 0 fully saturated rings. The van der Waals surface area contributed by atoms with Crippen molar-refractivity contribution in [2.75, 3.05) is 13.1 Å². The third-order valence-corrected chi connectivity index (χ3v) is 2.95. The van der Waals surface area contributed by atoms with Gasteiger partial charge in [-0.3, -0.25) is 4.90 Å². The first-order chi connectivity index (χ1) is 6.59. The van der Waals surface area contributed by atoms with E-state index in [9.17, 15) is 5.11 Å². The Morgan fingerprint density at radius 1 is 1.43 bits per heavy atom. The molecule has 1 atom stereocenters. The second-order valence-corrected chi connectivity index (χ2v) is 4.59.